The van der Waals surface area contributed by atoms with Gasteiger partial charge in [-0.15, -0.1) is 0 Å². The highest BCUT2D eigenvalue weighted by Crippen LogP contribution is 2.46. The zero-order chi connectivity index (χ0) is 20.2. The monoisotopic (exact) mass is 605 g/mol. The van der Waals surface area contributed by atoms with Crippen LogP contribution in [0.4, 0.5) is 11.6 Å². The number of rotatable bonds is 3. The lowest BCUT2D eigenvalue weighted by atomic mass is 9.92. The number of fused-ring (bicyclic) bond motifs is 1. The number of hydrogen-bond donors (Lipinski definition) is 0. The number of nitrogens with zero attached hydrogens (tertiary/aromatic N) is 3. The van der Waals surface area contributed by atoms with E-state index < -0.39 is 5.54 Å². The normalized spacial score (nSPS) is 18.6. The van der Waals surface area contributed by atoms with Crippen LogP contribution in [-0.2, 0) is 16.8 Å². The van der Waals surface area contributed by atoms with E-state index in [1.165, 1.54) is 0 Å². The fourth-order valence-corrected chi connectivity index (χ4v) is 5.19. The van der Waals surface area contributed by atoms with Crippen molar-refractivity contribution in [2.45, 2.75) is 18.9 Å². The Morgan fingerprint density at radius 1 is 1.04 bits per heavy atom. The first-order valence-electron chi connectivity index (χ1n) is 8.20. The Hall–Kier alpha value is -0.860. The van der Waals surface area contributed by atoms with Gasteiger partial charge in [0.2, 0.25) is 5.95 Å². The maximum Gasteiger partial charge on any atom is 0.260 e. The molecule has 0 aliphatic carbocycles. The number of imidazole rings is 1. The predicted octanol–water partition coefficient (Wildman–Crippen LogP) is 7.11. The number of anilines is 2. The van der Waals surface area contributed by atoms with Gasteiger partial charge in [-0.3, -0.25) is 9.36 Å². The van der Waals surface area contributed by atoms with Crippen LogP contribution in [0.2, 0.25) is 10.0 Å². The van der Waals surface area contributed by atoms with Gasteiger partial charge in [0, 0.05) is 20.9 Å². The molecule has 0 spiro atoms. The van der Waals surface area contributed by atoms with Crippen LogP contribution in [0.25, 0.3) is 0 Å². The van der Waals surface area contributed by atoms with Crippen LogP contribution >= 0.6 is 71.0 Å². The van der Waals surface area contributed by atoms with Gasteiger partial charge in [-0.2, -0.15) is 0 Å². The first-order chi connectivity index (χ1) is 13.2. The molecule has 2 aromatic carbocycles. The van der Waals surface area contributed by atoms with E-state index in [9.17, 15) is 4.79 Å². The topological polar surface area (TPSA) is 38.1 Å². The van der Waals surface area contributed by atoms with E-state index in [0.717, 1.165) is 10.0 Å². The Labute approximate surface area is 197 Å². The van der Waals surface area contributed by atoms with Gasteiger partial charge in [0.25, 0.3) is 5.91 Å². The largest absolute Gasteiger partial charge is 0.288 e. The summed E-state index contributed by atoms with van der Waals surface area (Å²) in [6.07, 6.45) is 0.498. The molecule has 0 saturated carbocycles. The summed E-state index contributed by atoms with van der Waals surface area (Å²) >= 11 is 22.8. The minimum Gasteiger partial charge on any atom is -0.288 e. The average molecular weight is 609 g/mol. The van der Waals surface area contributed by atoms with Crippen LogP contribution in [0, 0.1) is 0 Å². The fourth-order valence-electron chi connectivity index (χ4n) is 3.43. The predicted molar refractivity (Wildman–Crippen MR) is 123 cm³/mol. The van der Waals surface area contributed by atoms with Crippen molar-refractivity contribution in [3.05, 3.63) is 71.8 Å². The van der Waals surface area contributed by atoms with Gasteiger partial charge in [0.05, 0.1) is 5.69 Å². The summed E-state index contributed by atoms with van der Waals surface area (Å²) in [7, 11) is 0. The molecule has 2 heterocycles. The minimum atomic E-state index is -0.879. The molecule has 0 radical (unpaired) electrons. The summed E-state index contributed by atoms with van der Waals surface area (Å²) in [5, 5.41) is 0.904. The van der Waals surface area contributed by atoms with Gasteiger partial charge in [0.15, 0.2) is 0 Å². The Morgan fingerprint density at radius 2 is 1.64 bits per heavy atom. The van der Waals surface area contributed by atoms with E-state index in [0.29, 0.717) is 37.3 Å². The van der Waals surface area contributed by atoms with Crippen molar-refractivity contribution in [3.63, 3.8) is 0 Å². The maximum atomic E-state index is 13.6. The highest BCUT2D eigenvalue weighted by molar-refractivity contribution is 9.13. The molecule has 0 saturated heterocycles. The van der Waals surface area contributed by atoms with Crippen LogP contribution in [0.15, 0.2) is 56.1 Å². The molecule has 0 unspecified atom stereocenters. The van der Waals surface area contributed by atoms with Crippen molar-refractivity contribution < 1.29 is 4.79 Å². The van der Waals surface area contributed by atoms with Crippen LogP contribution in [0.3, 0.4) is 0 Å². The zero-order valence-corrected chi connectivity index (χ0v) is 20.7. The summed E-state index contributed by atoms with van der Waals surface area (Å²) in [6.45, 7) is 1.91. The highest BCUT2D eigenvalue weighted by atomic mass is 79.9. The number of aromatic nitrogens is 2. The van der Waals surface area contributed by atoms with Gasteiger partial charge < -0.3 is 0 Å². The van der Waals surface area contributed by atoms with E-state index in [2.05, 4.69) is 52.8 Å². The van der Waals surface area contributed by atoms with Crippen LogP contribution < -0.4 is 4.90 Å². The molecule has 4 nitrogen and oxygen atoms in total. The molecule has 1 aliphatic heterocycles. The van der Waals surface area contributed by atoms with Crippen molar-refractivity contribution in [2.24, 2.45) is 0 Å². The number of benzene rings is 2. The molecule has 0 N–H and O–H groups in total. The van der Waals surface area contributed by atoms with Crippen molar-refractivity contribution in [1.29, 1.82) is 0 Å². The molecule has 3 aromatic rings. The summed E-state index contributed by atoms with van der Waals surface area (Å²) in [6, 6.07) is 13.0. The van der Waals surface area contributed by atoms with Crippen molar-refractivity contribution in [1.82, 2.24) is 9.55 Å². The van der Waals surface area contributed by atoms with Gasteiger partial charge in [-0.25, -0.2) is 9.88 Å². The maximum absolute atomic E-state index is 13.6. The van der Waals surface area contributed by atoms with Crippen LogP contribution in [-0.4, -0.2) is 15.5 Å². The third-order valence-corrected chi connectivity index (χ3v) is 7.47. The second-order valence-electron chi connectivity index (χ2n) is 6.67. The molecular weight excluding hydrogens is 597 g/mol. The Kier molecular flexibility index (Phi) is 5.42. The quantitative estimate of drug-likeness (QED) is 0.318. The third kappa shape index (κ3) is 3.35. The Morgan fingerprint density at radius 3 is 2.25 bits per heavy atom. The molecule has 9 heteroatoms. The Bertz CT molecular complexity index is 1080. The van der Waals surface area contributed by atoms with Crippen molar-refractivity contribution in [2.75, 3.05) is 4.90 Å². The Balaban J connectivity index is 1.87. The van der Waals surface area contributed by atoms with E-state index >= 15 is 0 Å². The number of carbonyl (C=O) groups is 1. The molecule has 1 amide bonds. The van der Waals surface area contributed by atoms with Gasteiger partial charge in [-0.05, 0) is 74.7 Å². The van der Waals surface area contributed by atoms with E-state index in [-0.39, 0.29) is 5.91 Å². The summed E-state index contributed by atoms with van der Waals surface area (Å²) in [5.41, 5.74) is 0.733. The smallest absolute Gasteiger partial charge is 0.260 e. The molecule has 28 heavy (non-hydrogen) atoms. The standard InChI is InChI=1S/C19H12Br3Cl2N3O/c1-19(9-10-2-4-11(20)5-3-10)17(28)26(14-7-12(23)6-13(24)8-14)18-25-15(21)16(22)27(18)19/h2-8H,9H2,1H3/t19-/m1/s1. The second kappa shape index (κ2) is 7.43. The lowest BCUT2D eigenvalue weighted by molar-refractivity contribution is -0.124. The molecular formula is C19H12Br3Cl2N3O. The molecule has 1 aromatic heterocycles. The van der Waals surface area contributed by atoms with E-state index in [4.69, 9.17) is 23.2 Å². The molecule has 144 valence electrons. The number of amides is 1. The molecule has 1 atom stereocenters. The summed E-state index contributed by atoms with van der Waals surface area (Å²) < 4.78 is 4.21. The van der Waals surface area contributed by atoms with Gasteiger partial charge >= 0.3 is 0 Å². The molecule has 0 fully saturated rings. The average Bonchev–Trinajstić information content (AvgIpc) is 3.01. The summed E-state index contributed by atoms with van der Waals surface area (Å²) in [5.74, 6) is 0.395. The SMILES string of the molecule is C[C@@]1(Cc2ccc(Br)cc2)C(=O)N(c2cc(Cl)cc(Cl)c2)c2nc(Br)c(Br)n21. The first kappa shape index (κ1) is 20.4. The van der Waals surface area contributed by atoms with E-state index in [1.54, 1.807) is 23.1 Å². The number of hydrogen-bond acceptors (Lipinski definition) is 2. The summed E-state index contributed by atoms with van der Waals surface area (Å²) in [4.78, 5) is 19.8. The minimum absolute atomic E-state index is 0.107. The van der Waals surface area contributed by atoms with Gasteiger partial charge in [0.1, 0.15) is 14.7 Å². The molecule has 1 aliphatic rings. The highest BCUT2D eigenvalue weighted by Gasteiger charge is 2.50. The van der Waals surface area contributed by atoms with Crippen LogP contribution in [0.1, 0.15) is 12.5 Å². The lowest BCUT2D eigenvalue weighted by Crippen LogP contribution is -2.41. The van der Waals surface area contributed by atoms with Crippen molar-refractivity contribution in [3.8, 4) is 0 Å². The van der Waals surface area contributed by atoms with Gasteiger partial charge in [-0.1, -0.05) is 51.3 Å². The zero-order valence-electron chi connectivity index (χ0n) is 14.4. The first-order valence-corrected chi connectivity index (χ1v) is 11.3. The molecule has 4 rings (SSSR count). The van der Waals surface area contributed by atoms with E-state index in [1.807, 2.05) is 35.8 Å². The molecule has 0 bridgehead atoms. The number of halogens is 5. The van der Waals surface area contributed by atoms with Crippen molar-refractivity contribution >= 4 is 88.5 Å². The number of carbonyl (C=O) groups excluding carboxylic acids is 1. The second-order valence-corrected chi connectivity index (χ2v) is 9.96. The van der Waals surface area contributed by atoms with Crippen LogP contribution in [0.5, 0.6) is 0 Å². The fraction of sp³-hybridized carbons (Fsp3) is 0.158. The lowest BCUT2D eigenvalue weighted by Gasteiger charge is -2.26. The third-order valence-electron chi connectivity index (χ3n) is 4.69.